The maximum atomic E-state index is 12.5. The van der Waals surface area contributed by atoms with E-state index in [0.717, 1.165) is 34.6 Å². The lowest BCUT2D eigenvalue weighted by molar-refractivity contribution is -0.314. The molecule has 4 fully saturated rings. The van der Waals surface area contributed by atoms with E-state index >= 15 is 0 Å². The Kier molecular flexibility index (Phi) is 29.0. The van der Waals surface area contributed by atoms with Crippen LogP contribution in [0.5, 0.6) is 0 Å². The number of hydrogen-bond acceptors (Lipinski definition) is 30. The van der Waals surface area contributed by atoms with Gasteiger partial charge < -0.3 is 146 Å². The second-order valence-corrected chi connectivity index (χ2v) is 21.0. The van der Waals surface area contributed by atoms with Gasteiger partial charge in [-0.15, -0.1) is 0 Å². The molecule has 489 valence electrons. The minimum absolute atomic E-state index is 0.372. The van der Waals surface area contributed by atoms with Crippen LogP contribution in [0.4, 0.5) is 0 Å². The first-order valence-corrected chi connectivity index (χ1v) is 27.0. The Morgan fingerprint density at radius 3 is 1.07 bits per heavy atom. The fraction of sp³-hybridized carbons (Fsp3) is 0.837. The first-order chi connectivity index (χ1) is 39.9. The molecule has 5 amide bonds. The average molecular weight is 1240 g/mol. The highest BCUT2D eigenvalue weighted by molar-refractivity contribution is 6.32. The molecule has 4 saturated heterocycles. The van der Waals surface area contributed by atoms with Crippen LogP contribution in [0.1, 0.15) is 66.7 Å². The van der Waals surface area contributed by atoms with E-state index in [9.17, 15) is 110 Å². The number of carboxylic acids is 1. The highest BCUT2D eigenvalue weighted by Gasteiger charge is 2.52. The van der Waals surface area contributed by atoms with Gasteiger partial charge in [-0.25, -0.2) is 4.79 Å². The van der Waals surface area contributed by atoms with Gasteiger partial charge in [-0.3, -0.25) is 28.8 Å². The summed E-state index contributed by atoms with van der Waals surface area (Å²) in [6, 6.07) is -7.68. The minimum atomic E-state index is -2.31. The van der Waals surface area contributed by atoms with Crippen molar-refractivity contribution in [3.8, 4) is 0 Å². The van der Waals surface area contributed by atoms with E-state index in [0.29, 0.717) is 6.61 Å². The normalized spacial score (nSPS) is 33.8. The maximum absolute atomic E-state index is 12.5. The molecule has 36 heteroatoms. The number of aliphatic hydroxyl groups excluding tert-OH is 15. The van der Waals surface area contributed by atoms with E-state index < -0.39 is 259 Å². The number of Topliss-reactive ketones (excluding diaryl/α,β-unsaturated/α-hetero) is 1. The summed E-state index contributed by atoms with van der Waals surface area (Å²) < 4.78 is 46.8. The molecule has 8 unspecified atom stereocenters. The molecule has 0 aromatic rings. The Hall–Kier alpha value is -4.43. The van der Waals surface area contributed by atoms with Gasteiger partial charge in [0.25, 0.3) is 0 Å². The van der Waals surface area contributed by atoms with E-state index in [4.69, 9.17) is 43.0 Å². The average Bonchev–Trinajstić information content (AvgIpc) is 2.44. The van der Waals surface area contributed by atoms with E-state index in [1.54, 1.807) is 0 Å². The number of carbonyl (C=O) groups excluding carboxylic acids is 6. The third-order valence-electron chi connectivity index (χ3n) is 14.4. The molecule has 36 nitrogen and oxygen atoms in total. The van der Waals surface area contributed by atoms with Crippen LogP contribution in [-0.4, -0.2) is 315 Å². The molecule has 0 bridgehead atoms. The summed E-state index contributed by atoms with van der Waals surface area (Å²) in [5, 5.41) is 186. The number of carboxylic acid groups (broad SMARTS) is 1. The molecule has 0 aromatic carbocycles. The lowest BCUT2D eigenvalue weighted by atomic mass is 9.90. The van der Waals surface area contributed by atoms with Crippen LogP contribution in [0, 0.1) is 6.61 Å². The monoisotopic (exact) mass is 1240 g/mol. The van der Waals surface area contributed by atoms with Crippen molar-refractivity contribution in [3.05, 3.63) is 6.61 Å². The van der Waals surface area contributed by atoms with Gasteiger partial charge in [-0.1, -0.05) is 0 Å². The van der Waals surface area contributed by atoms with Crippen molar-refractivity contribution in [1.82, 2.24) is 26.6 Å². The Labute approximate surface area is 485 Å². The molecular weight excluding hydrogens is 1150 g/mol. The fourth-order valence-corrected chi connectivity index (χ4v) is 10.3. The maximum Gasteiger partial charge on any atom is 0.372 e. The highest BCUT2D eigenvalue weighted by atomic mass is 16.7. The number of ether oxygens (including phenoxy) is 8. The van der Waals surface area contributed by atoms with Gasteiger partial charge in [-0.2, -0.15) is 0 Å². The molecular formula is C49H82N5O31. The van der Waals surface area contributed by atoms with E-state index in [1.807, 2.05) is 0 Å². The minimum Gasteiger partial charge on any atom is -0.475 e. The van der Waals surface area contributed by atoms with Crippen molar-refractivity contribution in [1.29, 1.82) is 0 Å². The summed E-state index contributed by atoms with van der Waals surface area (Å²) >= 11 is 0. The zero-order valence-electron chi connectivity index (χ0n) is 46.8. The molecule has 27 atom stereocenters. The summed E-state index contributed by atoms with van der Waals surface area (Å²) in [7, 11) is 0. The summed E-state index contributed by atoms with van der Waals surface area (Å²) in [4.78, 5) is 83.9. The number of aliphatic carboxylic acids is 1. The third kappa shape index (κ3) is 20.3. The molecule has 0 saturated carbocycles. The smallest absolute Gasteiger partial charge is 0.372 e. The van der Waals surface area contributed by atoms with Gasteiger partial charge in [0.2, 0.25) is 35.3 Å². The van der Waals surface area contributed by atoms with Crippen molar-refractivity contribution in [2.45, 2.75) is 232 Å². The molecule has 0 aliphatic carbocycles. The Morgan fingerprint density at radius 2 is 0.776 bits per heavy atom. The van der Waals surface area contributed by atoms with Gasteiger partial charge >= 0.3 is 5.97 Å². The second-order valence-electron chi connectivity index (χ2n) is 21.0. The molecule has 4 heterocycles. The van der Waals surface area contributed by atoms with Gasteiger partial charge in [0, 0.05) is 66.7 Å². The molecule has 1 radical (unpaired) electrons. The predicted octanol–water partition coefficient (Wildman–Crippen LogP) is -11.3. The van der Waals surface area contributed by atoms with E-state index in [1.165, 1.54) is 0 Å². The lowest BCUT2D eigenvalue weighted by Gasteiger charge is -2.47. The van der Waals surface area contributed by atoms with E-state index in [2.05, 4.69) is 26.6 Å². The molecule has 0 aromatic heterocycles. The van der Waals surface area contributed by atoms with E-state index in [-0.39, 0.29) is 6.42 Å². The topological polar surface area (TPSA) is 577 Å². The SMILES string of the molecule is CC(=O)N[C@@H]([C@@H](O)[C@H](O)[C@@H](CO)OC1C[C@H](O)[C@@H](NC(C)=O)C([C@H](O)[C@@H](CO)OC2C[C@H](O)[C@@H](NC(C)=O)C([C@H](O)[C@@H](CO)OC3C[C@H](O)[C@@H](NC(C)=O)C([C@H](O)[C@@H](CO)OC4C[C@H](O)[C@@H](NC(C)=O)C([CH]O)O4)O3)O2)O1)[C@@H](O)CC(=O)C(=O)O. The zero-order valence-corrected chi connectivity index (χ0v) is 46.8. The number of nitrogens with one attached hydrogen (secondary N) is 5. The Morgan fingerprint density at radius 1 is 0.471 bits per heavy atom. The molecule has 4 aliphatic heterocycles. The van der Waals surface area contributed by atoms with Gasteiger partial charge in [0.15, 0.2) is 25.2 Å². The van der Waals surface area contributed by atoms with Crippen LogP contribution in [-0.2, 0) is 71.5 Å². The second kappa shape index (κ2) is 33.8. The summed E-state index contributed by atoms with van der Waals surface area (Å²) in [5.41, 5.74) is 0. The van der Waals surface area contributed by atoms with Crippen LogP contribution >= 0.6 is 0 Å². The first-order valence-electron chi connectivity index (χ1n) is 27.0. The summed E-state index contributed by atoms with van der Waals surface area (Å²) in [6.07, 6.45) is -43.9. The largest absolute Gasteiger partial charge is 0.475 e. The Bertz CT molecular complexity index is 2180. The number of hydrogen-bond donors (Lipinski definition) is 21. The molecule has 21 N–H and O–H groups in total. The van der Waals surface area contributed by atoms with Gasteiger partial charge in [0.05, 0.1) is 87.2 Å². The Balaban J connectivity index is 1.56. The zero-order chi connectivity index (χ0) is 63.9. The predicted molar refractivity (Wildman–Crippen MR) is 273 cm³/mol. The molecule has 85 heavy (non-hydrogen) atoms. The summed E-state index contributed by atoms with van der Waals surface area (Å²) in [5.74, 6) is -7.30. The fourth-order valence-electron chi connectivity index (χ4n) is 10.3. The van der Waals surface area contributed by atoms with Crippen molar-refractivity contribution < 1.29 is 153 Å². The van der Waals surface area contributed by atoms with Crippen molar-refractivity contribution in [2.75, 3.05) is 26.4 Å². The molecule has 4 aliphatic rings. The number of rotatable bonds is 31. The van der Waals surface area contributed by atoms with Gasteiger partial charge in [0.1, 0.15) is 86.0 Å². The number of amides is 5. The van der Waals surface area contributed by atoms with Crippen LogP contribution in [0.15, 0.2) is 0 Å². The van der Waals surface area contributed by atoms with Gasteiger partial charge in [-0.05, 0) is 0 Å². The standard InChI is InChI=1S/C49H82N5O31/c1-16(60)50-36-22(66)7-32(78-27(36)11-55)80-29(13-57)42(72)46-39(53-19(4)63)24(68)9-34(84-46)82-31(15-59)44(74)48-40(54-20(5)64)25(69)10-35(85-48)81-30(14-58)43(73)47-38(52-18(3)62)23(67)8-33(83-47)79-28(12-56)41(71)45(75)37(51-17(2)61)21(65)6-26(70)49(76)77/h11,21-25,27-48,55-59,65-69,71-75H,6-10,12-15H2,1-5H3,(H,50,60)(H,51,61)(H,52,62)(H,53,63)(H,54,64)(H,76,77)/t21-,22-,23-,24-,25-,27?,28+,29+,30+,31+,32?,33?,34?,35?,36+,37+,38+,39+,40+,41+,42+,43+,44+,45+,46?,47?,48?/m0/s1. The van der Waals surface area contributed by atoms with Crippen LogP contribution in [0.2, 0.25) is 0 Å². The third-order valence-corrected chi connectivity index (χ3v) is 14.4. The van der Waals surface area contributed by atoms with Crippen molar-refractivity contribution in [3.63, 3.8) is 0 Å². The number of aliphatic hydroxyl groups is 15. The lowest BCUT2D eigenvalue weighted by Crippen LogP contribution is -2.66. The number of carbonyl (C=O) groups is 7. The highest BCUT2D eigenvalue weighted by Crippen LogP contribution is 2.34. The van der Waals surface area contributed by atoms with Crippen LogP contribution < -0.4 is 26.6 Å². The van der Waals surface area contributed by atoms with Crippen LogP contribution in [0.25, 0.3) is 0 Å². The van der Waals surface area contributed by atoms with Crippen molar-refractivity contribution >= 4 is 41.3 Å². The number of ketones is 1. The summed E-state index contributed by atoms with van der Waals surface area (Å²) in [6.45, 7) is 1.30. The van der Waals surface area contributed by atoms with Crippen LogP contribution in [0.3, 0.4) is 0 Å². The van der Waals surface area contributed by atoms with Crippen molar-refractivity contribution in [2.24, 2.45) is 0 Å². The molecule has 4 rings (SSSR count). The molecule has 0 spiro atoms. The quantitative estimate of drug-likeness (QED) is 0.0287. The first kappa shape index (κ1) is 73.0.